The topological polar surface area (TPSA) is 153 Å². The largest absolute Gasteiger partial charge is 0.493 e. The summed E-state index contributed by atoms with van der Waals surface area (Å²) in [5, 5.41) is 13.2. The predicted molar refractivity (Wildman–Crippen MR) is 161 cm³/mol. The van der Waals surface area contributed by atoms with Crippen LogP contribution in [0.3, 0.4) is 0 Å². The second-order valence-electron chi connectivity index (χ2n) is 11.0. The Morgan fingerprint density at radius 3 is 2.51 bits per heavy atom. The zero-order valence-electron chi connectivity index (χ0n) is 24.1. The number of aromatic nitrogens is 3. The minimum atomic E-state index is -0.372. The number of anilines is 1. The number of nitrogens with zero attached hydrogens (tertiary/aromatic N) is 3. The summed E-state index contributed by atoms with van der Waals surface area (Å²) in [5.41, 5.74) is 2.10. The van der Waals surface area contributed by atoms with E-state index in [0.29, 0.717) is 51.7 Å². The maximum atomic E-state index is 13.3. The number of aromatic amines is 2. The van der Waals surface area contributed by atoms with Crippen molar-refractivity contribution in [3.63, 3.8) is 0 Å². The molecule has 2 aromatic heterocycles. The number of imidazole rings is 1. The van der Waals surface area contributed by atoms with E-state index in [1.54, 1.807) is 37.4 Å². The fourth-order valence-corrected chi connectivity index (χ4v) is 5.70. The maximum absolute atomic E-state index is 13.3. The normalized spacial score (nSPS) is 16.5. The number of benzene rings is 2. The Morgan fingerprint density at radius 1 is 1.07 bits per heavy atom. The molecule has 2 amide bonds. The molecule has 6 rings (SSSR count). The summed E-state index contributed by atoms with van der Waals surface area (Å²) in [6.45, 7) is 2.05. The Kier molecular flexibility index (Phi) is 7.87. The standard InChI is InChI=1S/C31H34N6O6/c1-36-11-8-19(9-12-36)37-30(40)20-13-23-24(14-21(20)31(37)41)35-28(34-23)27-22(7-10-32-29(27)39)33-15-18(16-38)17-43-26-6-4-3-5-25(26)42-2/h3-7,10,13-14,18-19,38H,8-9,11-12,15-17H2,1-2H3,(H,34,35)(H2,32,33,39). The summed E-state index contributed by atoms with van der Waals surface area (Å²) in [4.78, 5) is 53.7. The van der Waals surface area contributed by atoms with Crippen molar-refractivity contribution in [1.82, 2.24) is 24.8 Å². The van der Waals surface area contributed by atoms with Gasteiger partial charge in [-0.05, 0) is 63.3 Å². The van der Waals surface area contributed by atoms with Gasteiger partial charge < -0.3 is 34.8 Å². The molecule has 0 aliphatic carbocycles. The van der Waals surface area contributed by atoms with Gasteiger partial charge in [-0.1, -0.05) is 12.1 Å². The van der Waals surface area contributed by atoms with Crippen LogP contribution in [0.25, 0.3) is 22.4 Å². The van der Waals surface area contributed by atoms with E-state index in [2.05, 4.69) is 25.2 Å². The fourth-order valence-electron chi connectivity index (χ4n) is 5.70. The van der Waals surface area contributed by atoms with Crippen molar-refractivity contribution >= 4 is 28.5 Å². The molecular formula is C31H34N6O6. The number of aliphatic hydroxyl groups excluding tert-OH is 1. The van der Waals surface area contributed by atoms with Crippen LogP contribution in [0.5, 0.6) is 11.5 Å². The third-order valence-corrected chi connectivity index (χ3v) is 8.15. The molecule has 1 unspecified atom stereocenters. The lowest BCUT2D eigenvalue weighted by atomic mass is 10.0. The number of imide groups is 1. The van der Waals surface area contributed by atoms with Gasteiger partial charge in [0.05, 0.1) is 48.2 Å². The van der Waals surface area contributed by atoms with Gasteiger partial charge in [-0.25, -0.2) is 4.98 Å². The lowest BCUT2D eigenvalue weighted by Gasteiger charge is -2.33. The second-order valence-corrected chi connectivity index (χ2v) is 11.0. The maximum Gasteiger partial charge on any atom is 0.261 e. The van der Waals surface area contributed by atoms with E-state index in [9.17, 15) is 19.5 Å². The summed E-state index contributed by atoms with van der Waals surface area (Å²) in [6, 6.07) is 12.1. The molecule has 0 bridgehead atoms. The average Bonchev–Trinajstić information content (AvgIpc) is 3.54. The SMILES string of the molecule is COc1ccccc1OCC(CO)CNc1cc[nH]c(=O)c1-c1nc2cc3c(cc2[nH]1)C(=O)N(C1CCN(C)CC1)C3=O. The number of likely N-dealkylation sites (tertiary alicyclic amines) is 1. The molecule has 1 fully saturated rings. The molecule has 0 saturated carbocycles. The Balaban J connectivity index is 1.22. The van der Waals surface area contributed by atoms with E-state index in [0.717, 1.165) is 25.9 Å². The van der Waals surface area contributed by atoms with E-state index in [1.807, 2.05) is 19.2 Å². The fraction of sp³-hybridized carbons (Fsp3) is 0.355. The molecule has 12 nitrogen and oxygen atoms in total. The Bertz CT molecular complexity index is 1670. The van der Waals surface area contributed by atoms with Gasteiger partial charge in [0.15, 0.2) is 11.5 Å². The molecule has 0 spiro atoms. The number of para-hydroxylation sites is 2. The lowest BCUT2D eigenvalue weighted by molar-refractivity contribution is 0.0516. The minimum absolute atomic E-state index is 0.121. The number of hydrogen-bond acceptors (Lipinski definition) is 9. The number of rotatable bonds is 10. The van der Waals surface area contributed by atoms with Crippen LogP contribution in [0.4, 0.5) is 5.69 Å². The number of piperidine rings is 1. The number of hydrogen-bond donors (Lipinski definition) is 4. The number of ether oxygens (including phenoxy) is 2. The van der Waals surface area contributed by atoms with Gasteiger partial charge >= 0.3 is 0 Å². The van der Waals surface area contributed by atoms with Crippen molar-refractivity contribution in [2.45, 2.75) is 18.9 Å². The van der Waals surface area contributed by atoms with Gasteiger partial charge in [-0.2, -0.15) is 0 Å². The van der Waals surface area contributed by atoms with E-state index in [-0.39, 0.29) is 48.1 Å². The summed E-state index contributed by atoms with van der Waals surface area (Å²) in [7, 11) is 3.60. The molecule has 4 aromatic rings. The number of methoxy groups -OCH3 is 1. The molecule has 1 saturated heterocycles. The van der Waals surface area contributed by atoms with Crippen LogP contribution < -0.4 is 20.3 Å². The van der Waals surface area contributed by atoms with E-state index >= 15 is 0 Å². The molecule has 2 aromatic carbocycles. The Morgan fingerprint density at radius 2 is 1.79 bits per heavy atom. The molecular weight excluding hydrogens is 552 g/mol. The van der Waals surface area contributed by atoms with Crippen molar-refractivity contribution in [2.75, 3.05) is 52.3 Å². The van der Waals surface area contributed by atoms with Gasteiger partial charge in [0.2, 0.25) is 0 Å². The molecule has 2 aliphatic heterocycles. The summed E-state index contributed by atoms with van der Waals surface area (Å²) < 4.78 is 11.2. The van der Waals surface area contributed by atoms with Gasteiger partial charge in [-0.3, -0.25) is 19.3 Å². The first-order valence-corrected chi connectivity index (χ1v) is 14.3. The smallest absolute Gasteiger partial charge is 0.261 e. The number of fused-ring (bicyclic) bond motifs is 2. The molecule has 43 heavy (non-hydrogen) atoms. The molecule has 4 N–H and O–H groups in total. The van der Waals surface area contributed by atoms with Crippen molar-refractivity contribution < 1.29 is 24.2 Å². The van der Waals surface area contributed by atoms with Crippen LogP contribution in [0, 0.1) is 5.92 Å². The number of carbonyl (C=O) groups is 2. The monoisotopic (exact) mass is 586 g/mol. The number of pyridine rings is 1. The van der Waals surface area contributed by atoms with Crippen molar-refractivity contribution in [1.29, 1.82) is 0 Å². The van der Waals surface area contributed by atoms with Crippen LogP contribution in [-0.4, -0.2) is 94.7 Å². The van der Waals surface area contributed by atoms with Crippen LogP contribution in [0.1, 0.15) is 33.6 Å². The summed E-state index contributed by atoms with van der Waals surface area (Å²) >= 11 is 0. The van der Waals surface area contributed by atoms with Gasteiger partial charge in [0.25, 0.3) is 17.4 Å². The molecule has 2 aliphatic rings. The van der Waals surface area contributed by atoms with E-state index < -0.39 is 0 Å². The zero-order chi connectivity index (χ0) is 30.1. The van der Waals surface area contributed by atoms with Crippen LogP contribution in [-0.2, 0) is 0 Å². The number of amides is 2. The molecule has 12 heteroatoms. The lowest BCUT2D eigenvalue weighted by Crippen LogP contribution is -2.46. The van der Waals surface area contributed by atoms with Gasteiger partial charge in [0, 0.05) is 24.7 Å². The predicted octanol–water partition coefficient (Wildman–Crippen LogP) is 2.72. The molecule has 0 radical (unpaired) electrons. The zero-order valence-corrected chi connectivity index (χ0v) is 24.1. The average molecular weight is 587 g/mol. The van der Waals surface area contributed by atoms with Crippen LogP contribution in [0.2, 0.25) is 0 Å². The number of aliphatic hydroxyl groups is 1. The molecule has 224 valence electrons. The quantitative estimate of drug-likeness (QED) is 0.206. The van der Waals surface area contributed by atoms with E-state index in [4.69, 9.17) is 9.47 Å². The second kappa shape index (κ2) is 11.9. The van der Waals surface area contributed by atoms with Gasteiger partial charge in [0.1, 0.15) is 11.4 Å². The first kappa shape index (κ1) is 28.4. The van der Waals surface area contributed by atoms with E-state index in [1.165, 1.54) is 11.1 Å². The highest BCUT2D eigenvalue weighted by atomic mass is 16.5. The highest BCUT2D eigenvalue weighted by Crippen LogP contribution is 2.33. The summed E-state index contributed by atoms with van der Waals surface area (Å²) in [6.07, 6.45) is 3.02. The minimum Gasteiger partial charge on any atom is -0.493 e. The Hall–Kier alpha value is -4.68. The molecule has 1 atom stereocenters. The van der Waals surface area contributed by atoms with Gasteiger partial charge in [-0.15, -0.1) is 0 Å². The first-order chi connectivity index (χ1) is 20.9. The van der Waals surface area contributed by atoms with Crippen molar-refractivity contribution in [3.8, 4) is 22.9 Å². The van der Waals surface area contributed by atoms with Crippen molar-refractivity contribution in [3.05, 3.63) is 70.1 Å². The highest BCUT2D eigenvalue weighted by molar-refractivity contribution is 6.23. The third-order valence-electron chi connectivity index (χ3n) is 8.15. The highest BCUT2D eigenvalue weighted by Gasteiger charge is 2.41. The summed E-state index contributed by atoms with van der Waals surface area (Å²) in [5.74, 6) is 0.573. The van der Waals surface area contributed by atoms with Crippen LogP contribution >= 0.6 is 0 Å². The number of H-pyrrole nitrogens is 2. The van der Waals surface area contributed by atoms with Crippen molar-refractivity contribution in [2.24, 2.45) is 5.92 Å². The number of nitrogens with one attached hydrogen (secondary N) is 3. The number of carbonyl (C=O) groups excluding carboxylic acids is 2. The third kappa shape index (κ3) is 5.46. The van der Waals surface area contributed by atoms with Crippen LogP contribution in [0.15, 0.2) is 53.5 Å². The Labute approximate surface area is 247 Å². The molecule has 4 heterocycles. The first-order valence-electron chi connectivity index (χ1n) is 14.3.